The monoisotopic (exact) mass is 448 g/mol. The predicted octanol–water partition coefficient (Wildman–Crippen LogP) is 2.95. The lowest BCUT2D eigenvalue weighted by Crippen LogP contribution is -2.49. The van der Waals surface area contributed by atoms with Crippen LogP contribution in [0, 0.1) is 6.92 Å². The summed E-state index contributed by atoms with van der Waals surface area (Å²) in [4.78, 5) is 22.1. The van der Waals surface area contributed by atoms with E-state index in [1.807, 2.05) is 43.7 Å². The summed E-state index contributed by atoms with van der Waals surface area (Å²) >= 11 is 0. The molecular weight excluding hydrogens is 420 g/mol. The van der Waals surface area contributed by atoms with Gasteiger partial charge in [-0.2, -0.15) is 0 Å². The number of carbonyl (C=O) groups is 1. The molecule has 1 saturated heterocycles. The molecule has 1 saturated carbocycles. The molecule has 172 valence electrons. The molecule has 5 rings (SSSR count). The van der Waals surface area contributed by atoms with E-state index in [0.29, 0.717) is 49.3 Å². The number of aryl methyl sites for hydroxylation is 2. The molecule has 1 N–H and O–H groups in total. The van der Waals surface area contributed by atoms with Gasteiger partial charge in [-0.1, -0.05) is 0 Å². The van der Waals surface area contributed by atoms with Crippen LogP contribution in [0.5, 0.6) is 5.75 Å². The zero-order valence-corrected chi connectivity index (χ0v) is 19.2. The highest BCUT2D eigenvalue weighted by Crippen LogP contribution is 2.39. The van der Waals surface area contributed by atoms with Crippen molar-refractivity contribution >= 4 is 11.6 Å². The van der Waals surface area contributed by atoms with Crippen LogP contribution in [0.4, 0.5) is 5.69 Å². The summed E-state index contributed by atoms with van der Waals surface area (Å²) in [6.07, 6.45) is 4.55. The highest BCUT2D eigenvalue weighted by atomic mass is 16.5. The number of benzene rings is 1. The van der Waals surface area contributed by atoms with Crippen LogP contribution < -0.4 is 10.1 Å². The van der Waals surface area contributed by atoms with Crippen molar-refractivity contribution in [3.63, 3.8) is 0 Å². The minimum Gasteiger partial charge on any atom is -0.494 e. The van der Waals surface area contributed by atoms with E-state index in [1.165, 1.54) is 0 Å². The summed E-state index contributed by atoms with van der Waals surface area (Å²) in [5, 5.41) is 11.3. The van der Waals surface area contributed by atoms with Gasteiger partial charge in [0.1, 0.15) is 29.4 Å². The molecule has 1 aliphatic heterocycles. The molecule has 0 radical (unpaired) electrons. The van der Waals surface area contributed by atoms with E-state index in [2.05, 4.69) is 25.5 Å². The third-order valence-corrected chi connectivity index (χ3v) is 6.19. The van der Waals surface area contributed by atoms with Crippen molar-refractivity contribution in [2.24, 2.45) is 7.05 Å². The molecule has 1 aliphatic carbocycles. The van der Waals surface area contributed by atoms with E-state index in [4.69, 9.17) is 9.47 Å². The Morgan fingerprint density at radius 3 is 2.70 bits per heavy atom. The summed E-state index contributed by atoms with van der Waals surface area (Å²) in [7, 11) is 1.93. The lowest BCUT2D eigenvalue weighted by molar-refractivity contribution is -0.0611. The minimum absolute atomic E-state index is 0.252. The zero-order valence-electron chi connectivity index (χ0n) is 19.2. The number of aromatic nitrogens is 5. The Morgan fingerprint density at radius 1 is 1.24 bits per heavy atom. The molecule has 2 fully saturated rings. The molecular formula is C24H28N6O3. The third kappa shape index (κ3) is 4.45. The second kappa shape index (κ2) is 8.55. The van der Waals surface area contributed by atoms with Crippen molar-refractivity contribution in [3.8, 4) is 5.75 Å². The van der Waals surface area contributed by atoms with Gasteiger partial charge in [0, 0.05) is 42.2 Å². The Morgan fingerprint density at radius 2 is 2.06 bits per heavy atom. The number of ether oxygens (including phenoxy) is 2. The van der Waals surface area contributed by atoms with Crippen LogP contribution in [0.25, 0.3) is 0 Å². The largest absolute Gasteiger partial charge is 0.494 e. The second-order valence-electron chi connectivity index (χ2n) is 8.97. The topological polar surface area (TPSA) is 104 Å². The van der Waals surface area contributed by atoms with Crippen molar-refractivity contribution in [2.75, 3.05) is 25.1 Å². The van der Waals surface area contributed by atoms with Crippen molar-refractivity contribution in [2.45, 2.75) is 44.4 Å². The minimum atomic E-state index is -0.255. The van der Waals surface area contributed by atoms with E-state index < -0.39 is 0 Å². The number of hydrogen-bond donors (Lipinski definition) is 1. The molecule has 1 amide bonds. The molecule has 9 heteroatoms. The van der Waals surface area contributed by atoms with Crippen molar-refractivity contribution < 1.29 is 14.3 Å². The van der Waals surface area contributed by atoms with E-state index in [-0.39, 0.29) is 11.3 Å². The highest BCUT2D eigenvalue weighted by Gasteiger charge is 2.42. The number of nitrogens with zero attached hydrogens (tertiary/aromatic N) is 5. The molecule has 33 heavy (non-hydrogen) atoms. The van der Waals surface area contributed by atoms with Crippen LogP contribution in [0.2, 0.25) is 0 Å². The average molecular weight is 449 g/mol. The Balaban J connectivity index is 1.44. The second-order valence-corrected chi connectivity index (χ2v) is 8.97. The zero-order chi connectivity index (χ0) is 23.0. The number of nitrogens with one attached hydrogen (secondary N) is 1. The molecule has 0 unspecified atom stereocenters. The van der Waals surface area contributed by atoms with Gasteiger partial charge in [-0.3, -0.25) is 4.79 Å². The van der Waals surface area contributed by atoms with Crippen molar-refractivity contribution in [3.05, 3.63) is 59.2 Å². The lowest BCUT2D eigenvalue weighted by Gasteiger charge is -2.42. The van der Waals surface area contributed by atoms with Crippen LogP contribution in [0.1, 0.15) is 59.1 Å². The molecule has 3 aromatic rings. The fourth-order valence-corrected chi connectivity index (χ4v) is 4.14. The first kappa shape index (κ1) is 21.5. The van der Waals surface area contributed by atoms with E-state index in [0.717, 1.165) is 35.7 Å². The van der Waals surface area contributed by atoms with Gasteiger partial charge in [0.2, 0.25) is 0 Å². The molecule has 2 aliphatic rings. The number of hydrogen-bond acceptors (Lipinski definition) is 7. The third-order valence-electron chi connectivity index (χ3n) is 6.19. The number of rotatable bonds is 8. The first-order valence-corrected chi connectivity index (χ1v) is 11.3. The van der Waals surface area contributed by atoms with Gasteiger partial charge in [-0.25, -0.2) is 9.97 Å². The Kier molecular flexibility index (Phi) is 5.57. The fourth-order valence-electron chi connectivity index (χ4n) is 4.14. The van der Waals surface area contributed by atoms with Gasteiger partial charge < -0.3 is 19.4 Å². The first-order valence-electron chi connectivity index (χ1n) is 11.3. The van der Waals surface area contributed by atoms with Crippen molar-refractivity contribution in [1.82, 2.24) is 24.7 Å². The van der Waals surface area contributed by atoms with Crippen molar-refractivity contribution in [1.29, 1.82) is 0 Å². The van der Waals surface area contributed by atoms with Crippen LogP contribution in [0.3, 0.4) is 0 Å². The standard InChI is InChI=1S/C24H28N6O3/c1-4-33-19-9-17(24(12-32-13-24)11-21-29-25-14-30(21)3)8-18(10-19)27-23(31)20-7-15(2)26-22(28-20)16-5-6-16/h7-10,14,16H,4-6,11-13H2,1-3H3,(H,27,31). The molecule has 0 atom stereocenters. The molecule has 3 heterocycles. The number of anilines is 1. The molecule has 1 aromatic carbocycles. The van der Waals surface area contributed by atoms with Gasteiger partial charge in [0.15, 0.2) is 0 Å². The fraction of sp³-hybridized carbons (Fsp3) is 0.458. The van der Waals surface area contributed by atoms with Crippen LogP contribution in [-0.2, 0) is 23.6 Å². The van der Waals surface area contributed by atoms with Gasteiger partial charge in [-0.05, 0) is 50.5 Å². The van der Waals surface area contributed by atoms with E-state index >= 15 is 0 Å². The number of amides is 1. The highest BCUT2D eigenvalue weighted by molar-refractivity contribution is 6.03. The summed E-state index contributed by atoms with van der Waals surface area (Å²) in [5.74, 6) is 2.47. The summed E-state index contributed by atoms with van der Waals surface area (Å²) in [6.45, 7) is 5.50. The van der Waals surface area contributed by atoms with Gasteiger partial charge >= 0.3 is 0 Å². The molecule has 0 spiro atoms. The Bertz CT molecular complexity index is 1180. The predicted molar refractivity (Wildman–Crippen MR) is 122 cm³/mol. The summed E-state index contributed by atoms with van der Waals surface area (Å²) < 4.78 is 13.4. The van der Waals surface area contributed by atoms with E-state index in [9.17, 15) is 4.79 Å². The van der Waals surface area contributed by atoms with E-state index in [1.54, 1.807) is 12.4 Å². The maximum atomic E-state index is 13.1. The first-order chi connectivity index (χ1) is 16.0. The Hall–Kier alpha value is -3.33. The van der Waals surface area contributed by atoms with Gasteiger partial charge in [0.05, 0.1) is 19.8 Å². The van der Waals surface area contributed by atoms with Crippen LogP contribution in [-0.4, -0.2) is 50.5 Å². The smallest absolute Gasteiger partial charge is 0.274 e. The average Bonchev–Trinajstić information content (AvgIpc) is 3.53. The summed E-state index contributed by atoms with van der Waals surface area (Å²) in [6, 6.07) is 7.59. The molecule has 9 nitrogen and oxygen atoms in total. The summed E-state index contributed by atoms with van der Waals surface area (Å²) in [5.41, 5.74) is 2.63. The van der Waals surface area contributed by atoms with Crippen LogP contribution in [0.15, 0.2) is 30.6 Å². The molecule has 0 bridgehead atoms. The Labute approximate surface area is 192 Å². The maximum Gasteiger partial charge on any atom is 0.274 e. The lowest BCUT2D eigenvalue weighted by atomic mass is 9.75. The normalized spacial score (nSPS) is 16.8. The quantitative estimate of drug-likeness (QED) is 0.565. The van der Waals surface area contributed by atoms with Gasteiger partial charge in [-0.15, -0.1) is 10.2 Å². The molecule has 2 aromatic heterocycles. The van der Waals surface area contributed by atoms with Gasteiger partial charge in [0.25, 0.3) is 5.91 Å². The SMILES string of the molecule is CCOc1cc(NC(=O)c2cc(C)nc(C3CC3)n2)cc(C2(Cc3nncn3C)COC2)c1. The van der Waals surface area contributed by atoms with Crippen LogP contribution >= 0.6 is 0 Å². The maximum absolute atomic E-state index is 13.1. The number of carbonyl (C=O) groups excluding carboxylic acids is 1.